The molecule has 0 heterocycles. The van der Waals surface area contributed by atoms with Crippen molar-refractivity contribution >= 4 is 0 Å². The SMILES string of the molecule is NCC1(NCC(F)F)CC2CCC1C2. The van der Waals surface area contributed by atoms with Crippen LogP contribution >= 0.6 is 0 Å². The van der Waals surface area contributed by atoms with Gasteiger partial charge in [-0.15, -0.1) is 0 Å². The largest absolute Gasteiger partial charge is 0.329 e. The van der Waals surface area contributed by atoms with Crippen LogP contribution in [-0.2, 0) is 0 Å². The molecular formula is C10H18F2N2. The molecule has 0 aliphatic heterocycles. The van der Waals surface area contributed by atoms with E-state index in [1.54, 1.807) is 0 Å². The molecule has 2 bridgehead atoms. The van der Waals surface area contributed by atoms with Crippen molar-refractivity contribution < 1.29 is 8.78 Å². The van der Waals surface area contributed by atoms with E-state index >= 15 is 0 Å². The monoisotopic (exact) mass is 204 g/mol. The summed E-state index contributed by atoms with van der Waals surface area (Å²) in [6.45, 7) is 0.293. The molecule has 3 unspecified atom stereocenters. The quantitative estimate of drug-likeness (QED) is 0.725. The lowest BCUT2D eigenvalue weighted by Crippen LogP contribution is -2.56. The van der Waals surface area contributed by atoms with Gasteiger partial charge in [0.15, 0.2) is 0 Å². The van der Waals surface area contributed by atoms with E-state index in [0.717, 1.165) is 18.8 Å². The van der Waals surface area contributed by atoms with Gasteiger partial charge in [-0.3, -0.25) is 0 Å². The van der Waals surface area contributed by atoms with Crippen LogP contribution in [0.1, 0.15) is 25.7 Å². The van der Waals surface area contributed by atoms with Gasteiger partial charge in [0.2, 0.25) is 0 Å². The molecule has 2 aliphatic rings. The zero-order valence-electron chi connectivity index (χ0n) is 8.31. The van der Waals surface area contributed by atoms with Gasteiger partial charge >= 0.3 is 0 Å². The van der Waals surface area contributed by atoms with E-state index in [9.17, 15) is 8.78 Å². The van der Waals surface area contributed by atoms with Crippen molar-refractivity contribution in [1.29, 1.82) is 0 Å². The van der Waals surface area contributed by atoms with Crippen molar-refractivity contribution in [2.75, 3.05) is 13.1 Å². The predicted octanol–water partition coefficient (Wildman–Crippen LogP) is 1.36. The van der Waals surface area contributed by atoms with Crippen molar-refractivity contribution in [3.63, 3.8) is 0 Å². The van der Waals surface area contributed by atoms with E-state index in [1.807, 2.05) is 0 Å². The third-order valence-corrected chi connectivity index (χ3v) is 3.95. The number of halogens is 2. The minimum absolute atomic E-state index is 0.167. The van der Waals surface area contributed by atoms with Crippen LogP contribution in [0.2, 0.25) is 0 Å². The van der Waals surface area contributed by atoms with Crippen molar-refractivity contribution in [2.45, 2.75) is 37.6 Å². The lowest BCUT2D eigenvalue weighted by atomic mass is 9.81. The fourth-order valence-electron chi connectivity index (χ4n) is 3.26. The molecular weight excluding hydrogens is 186 g/mol. The highest BCUT2D eigenvalue weighted by Gasteiger charge is 2.49. The predicted molar refractivity (Wildman–Crippen MR) is 51.2 cm³/mol. The molecule has 3 N–H and O–H groups in total. The molecule has 2 rings (SSSR count). The molecule has 4 heteroatoms. The summed E-state index contributed by atoms with van der Waals surface area (Å²) in [6, 6.07) is 0. The van der Waals surface area contributed by atoms with Crippen LogP contribution in [0.4, 0.5) is 8.78 Å². The van der Waals surface area contributed by atoms with Crippen LogP contribution in [0, 0.1) is 11.8 Å². The summed E-state index contributed by atoms with van der Waals surface area (Å²) >= 11 is 0. The number of alkyl halides is 2. The lowest BCUT2D eigenvalue weighted by molar-refractivity contribution is 0.114. The summed E-state index contributed by atoms with van der Waals surface area (Å²) < 4.78 is 24.3. The van der Waals surface area contributed by atoms with Crippen LogP contribution in [0.3, 0.4) is 0 Å². The molecule has 82 valence electrons. The number of nitrogens with two attached hydrogens (primary N) is 1. The molecule has 0 saturated heterocycles. The zero-order chi connectivity index (χ0) is 10.2. The Morgan fingerprint density at radius 3 is 2.64 bits per heavy atom. The Morgan fingerprint density at radius 2 is 2.21 bits per heavy atom. The summed E-state index contributed by atoms with van der Waals surface area (Å²) in [5.74, 6) is 1.27. The summed E-state index contributed by atoms with van der Waals surface area (Å²) in [5.41, 5.74) is 5.57. The first-order valence-corrected chi connectivity index (χ1v) is 5.39. The van der Waals surface area contributed by atoms with Gasteiger partial charge in [-0.2, -0.15) is 0 Å². The van der Waals surface area contributed by atoms with Gasteiger partial charge in [-0.1, -0.05) is 6.42 Å². The molecule has 0 aromatic carbocycles. The van der Waals surface area contributed by atoms with Gasteiger partial charge in [0, 0.05) is 12.1 Å². The van der Waals surface area contributed by atoms with E-state index in [-0.39, 0.29) is 12.1 Å². The number of hydrogen-bond donors (Lipinski definition) is 2. The summed E-state index contributed by atoms with van der Waals surface area (Å²) in [6.07, 6.45) is 2.35. The topological polar surface area (TPSA) is 38.0 Å². The Kier molecular flexibility index (Phi) is 2.75. The van der Waals surface area contributed by atoms with E-state index in [1.165, 1.54) is 12.8 Å². The van der Waals surface area contributed by atoms with E-state index in [2.05, 4.69) is 5.32 Å². The Balaban J connectivity index is 1.97. The van der Waals surface area contributed by atoms with Gasteiger partial charge in [0.1, 0.15) is 0 Å². The zero-order valence-corrected chi connectivity index (χ0v) is 8.31. The maximum absolute atomic E-state index is 12.1. The van der Waals surface area contributed by atoms with Gasteiger partial charge in [-0.25, -0.2) is 8.78 Å². The average Bonchev–Trinajstić information content (AvgIpc) is 2.74. The first-order chi connectivity index (χ1) is 6.66. The molecule has 0 spiro atoms. The first kappa shape index (κ1) is 10.3. The first-order valence-electron chi connectivity index (χ1n) is 5.39. The molecule has 2 nitrogen and oxygen atoms in total. The number of fused-ring (bicyclic) bond motifs is 2. The second-order valence-corrected chi connectivity index (χ2v) is 4.71. The molecule has 14 heavy (non-hydrogen) atoms. The summed E-state index contributed by atoms with van der Waals surface area (Å²) in [7, 11) is 0. The average molecular weight is 204 g/mol. The van der Waals surface area contributed by atoms with Crippen molar-refractivity contribution in [1.82, 2.24) is 5.32 Å². The van der Waals surface area contributed by atoms with Crippen molar-refractivity contribution in [3.05, 3.63) is 0 Å². The van der Waals surface area contributed by atoms with Crippen LogP contribution in [0.25, 0.3) is 0 Å². The summed E-state index contributed by atoms with van der Waals surface area (Å²) in [4.78, 5) is 0. The van der Waals surface area contributed by atoms with Crippen LogP contribution in [0.5, 0.6) is 0 Å². The lowest BCUT2D eigenvalue weighted by Gasteiger charge is -2.37. The normalized spacial score (nSPS) is 41.1. The Morgan fingerprint density at radius 1 is 1.43 bits per heavy atom. The molecule has 2 saturated carbocycles. The smallest absolute Gasteiger partial charge is 0.250 e. The molecule has 0 radical (unpaired) electrons. The molecule has 2 fully saturated rings. The minimum Gasteiger partial charge on any atom is -0.329 e. The van der Waals surface area contributed by atoms with Crippen LogP contribution in [-0.4, -0.2) is 25.1 Å². The number of rotatable bonds is 4. The van der Waals surface area contributed by atoms with E-state index in [0.29, 0.717) is 12.5 Å². The number of hydrogen-bond acceptors (Lipinski definition) is 2. The fraction of sp³-hybridized carbons (Fsp3) is 1.00. The van der Waals surface area contributed by atoms with Crippen LogP contribution < -0.4 is 11.1 Å². The Labute approximate surface area is 83.2 Å². The molecule has 0 aromatic heterocycles. The van der Waals surface area contributed by atoms with Crippen molar-refractivity contribution in [2.24, 2.45) is 17.6 Å². The molecule has 2 aliphatic carbocycles. The maximum atomic E-state index is 12.1. The van der Waals surface area contributed by atoms with Gasteiger partial charge in [-0.05, 0) is 31.1 Å². The van der Waals surface area contributed by atoms with Crippen molar-refractivity contribution in [3.8, 4) is 0 Å². The minimum atomic E-state index is -2.27. The van der Waals surface area contributed by atoms with E-state index < -0.39 is 6.43 Å². The third kappa shape index (κ3) is 1.65. The highest BCUT2D eigenvalue weighted by molar-refractivity contribution is 5.06. The molecule has 0 amide bonds. The summed E-state index contributed by atoms with van der Waals surface area (Å²) in [5, 5.41) is 3.00. The molecule has 0 aromatic rings. The maximum Gasteiger partial charge on any atom is 0.250 e. The third-order valence-electron chi connectivity index (χ3n) is 3.95. The Hall–Kier alpha value is -0.220. The second-order valence-electron chi connectivity index (χ2n) is 4.71. The van der Waals surface area contributed by atoms with Gasteiger partial charge in [0.25, 0.3) is 6.43 Å². The van der Waals surface area contributed by atoms with Gasteiger partial charge < -0.3 is 11.1 Å². The number of nitrogens with one attached hydrogen (secondary N) is 1. The van der Waals surface area contributed by atoms with E-state index in [4.69, 9.17) is 5.73 Å². The highest BCUT2D eigenvalue weighted by atomic mass is 19.3. The Bertz CT molecular complexity index is 210. The highest BCUT2D eigenvalue weighted by Crippen LogP contribution is 2.50. The van der Waals surface area contributed by atoms with Crippen LogP contribution in [0.15, 0.2) is 0 Å². The van der Waals surface area contributed by atoms with Gasteiger partial charge in [0.05, 0.1) is 6.54 Å². The molecule has 3 atom stereocenters. The second kappa shape index (κ2) is 3.74. The fourth-order valence-corrected chi connectivity index (χ4v) is 3.26. The standard InChI is InChI=1S/C10H18F2N2/c11-9(12)5-14-10(6-13)4-7-1-2-8(10)3-7/h7-9,14H,1-6,13H2.